The second kappa shape index (κ2) is 6.89. The molecule has 28 heavy (non-hydrogen) atoms. The maximum absolute atomic E-state index is 13.1. The number of aromatic nitrogens is 3. The van der Waals surface area contributed by atoms with Crippen LogP contribution >= 0.6 is 0 Å². The van der Waals surface area contributed by atoms with Crippen LogP contribution in [0.4, 0.5) is 0 Å². The van der Waals surface area contributed by atoms with Crippen LogP contribution in [0.3, 0.4) is 0 Å². The lowest BCUT2D eigenvalue weighted by molar-refractivity contribution is 0.0778. The number of nitrogens with zero attached hydrogens (tertiary/aromatic N) is 5. The van der Waals surface area contributed by atoms with Crippen LogP contribution in [0, 0.1) is 12.8 Å². The summed E-state index contributed by atoms with van der Waals surface area (Å²) in [5.41, 5.74) is 1.76. The molecule has 2 aromatic rings. The first-order valence-electron chi connectivity index (χ1n) is 9.19. The minimum absolute atomic E-state index is 0.0557. The molecule has 2 saturated heterocycles. The molecule has 0 bridgehead atoms. The van der Waals surface area contributed by atoms with E-state index in [-0.39, 0.29) is 30.2 Å². The predicted octanol–water partition coefficient (Wildman–Crippen LogP) is 0.646. The van der Waals surface area contributed by atoms with Crippen molar-refractivity contribution in [1.29, 1.82) is 0 Å². The Hall–Kier alpha value is -2.39. The standard InChI is InChI=1S/C19H23N5O3S/c1-12-14(8-21-18(22-12)13-5-4-6-20-7-13)19(25)24-9-15-16(23(2)3)11-28(26,27)17(15)10-24/h4-8,15-17H,9-11H2,1-3H3/t15-,16-,17-/m0/s1. The minimum Gasteiger partial charge on any atom is -0.337 e. The number of carbonyl (C=O) groups excluding carboxylic acids is 1. The van der Waals surface area contributed by atoms with Gasteiger partial charge >= 0.3 is 0 Å². The Kier molecular flexibility index (Phi) is 4.67. The number of likely N-dealkylation sites (tertiary alicyclic amines) is 1. The fourth-order valence-corrected chi connectivity index (χ4v) is 6.69. The fraction of sp³-hybridized carbons (Fsp3) is 0.474. The Bertz CT molecular complexity index is 1010. The molecule has 1 amide bonds. The second-order valence-corrected chi connectivity index (χ2v) is 9.97. The van der Waals surface area contributed by atoms with Crippen LogP contribution in [0.1, 0.15) is 16.1 Å². The molecule has 0 aromatic carbocycles. The SMILES string of the molecule is Cc1nc(-c2cccnc2)ncc1C(=O)N1C[C@H]2[C@@H](N(C)C)CS(=O)(=O)[C@H]2C1. The van der Waals surface area contributed by atoms with E-state index in [1.807, 2.05) is 25.1 Å². The van der Waals surface area contributed by atoms with Crippen molar-refractivity contribution in [1.82, 2.24) is 24.8 Å². The number of carbonyl (C=O) groups is 1. The van der Waals surface area contributed by atoms with Crippen molar-refractivity contribution < 1.29 is 13.2 Å². The van der Waals surface area contributed by atoms with Gasteiger partial charge in [0.15, 0.2) is 15.7 Å². The molecule has 0 radical (unpaired) electrons. The largest absolute Gasteiger partial charge is 0.337 e. The van der Waals surface area contributed by atoms with E-state index in [2.05, 4.69) is 15.0 Å². The van der Waals surface area contributed by atoms with Crippen LogP contribution in [-0.4, -0.2) is 83.3 Å². The first-order valence-corrected chi connectivity index (χ1v) is 10.9. The van der Waals surface area contributed by atoms with E-state index in [4.69, 9.17) is 0 Å². The quantitative estimate of drug-likeness (QED) is 0.745. The number of aryl methyl sites for hydroxylation is 1. The summed E-state index contributed by atoms with van der Waals surface area (Å²) < 4.78 is 25.1. The lowest BCUT2D eigenvalue weighted by atomic mass is 10.00. The number of hydrogen-bond donors (Lipinski definition) is 0. The van der Waals surface area contributed by atoms with Crippen molar-refractivity contribution in [2.24, 2.45) is 5.92 Å². The summed E-state index contributed by atoms with van der Waals surface area (Å²) in [5, 5.41) is -0.486. The summed E-state index contributed by atoms with van der Waals surface area (Å²) in [7, 11) is 0.589. The van der Waals surface area contributed by atoms with Gasteiger partial charge in [-0.25, -0.2) is 18.4 Å². The van der Waals surface area contributed by atoms with Gasteiger partial charge in [-0.2, -0.15) is 0 Å². The van der Waals surface area contributed by atoms with Crippen molar-refractivity contribution in [2.75, 3.05) is 32.9 Å². The Morgan fingerprint density at radius 2 is 2.04 bits per heavy atom. The number of hydrogen-bond acceptors (Lipinski definition) is 7. The summed E-state index contributed by atoms with van der Waals surface area (Å²) in [4.78, 5) is 29.5. The molecule has 3 atom stereocenters. The van der Waals surface area contributed by atoms with Crippen LogP contribution in [-0.2, 0) is 9.84 Å². The molecule has 2 fully saturated rings. The third kappa shape index (κ3) is 3.18. The summed E-state index contributed by atoms with van der Waals surface area (Å²) in [6, 6.07) is 3.60. The summed E-state index contributed by atoms with van der Waals surface area (Å²) in [5.74, 6) is 0.409. The lowest BCUT2D eigenvalue weighted by Crippen LogP contribution is -2.38. The van der Waals surface area contributed by atoms with Crippen molar-refractivity contribution in [2.45, 2.75) is 18.2 Å². The zero-order valence-corrected chi connectivity index (χ0v) is 16.9. The van der Waals surface area contributed by atoms with Crippen LogP contribution in [0.2, 0.25) is 0 Å². The average molecular weight is 401 g/mol. The number of rotatable bonds is 3. The molecule has 148 valence electrons. The fourth-order valence-electron chi connectivity index (χ4n) is 4.21. The van der Waals surface area contributed by atoms with Gasteiger partial charge in [0.2, 0.25) is 0 Å². The third-order valence-electron chi connectivity index (χ3n) is 5.75. The highest BCUT2D eigenvalue weighted by molar-refractivity contribution is 7.92. The van der Waals surface area contributed by atoms with Crippen LogP contribution in [0.25, 0.3) is 11.4 Å². The number of fused-ring (bicyclic) bond motifs is 1. The second-order valence-electron chi connectivity index (χ2n) is 7.71. The molecule has 0 aliphatic carbocycles. The molecule has 0 saturated carbocycles. The van der Waals surface area contributed by atoms with Gasteiger partial charge < -0.3 is 9.80 Å². The van der Waals surface area contributed by atoms with Gasteiger partial charge in [-0.15, -0.1) is 0 Å². The van der Waals surface area contributed by atoms with Crippen molar-refractivity contribution in [3.05, 3.63) is 42.0 Å². The van der Waals surface area contributed by atoms with Gasteiger partial charge in [0.1, 0.15) is 0 Å². The smallest absolute Gasteiger partial charge is 0.257 e. The zero-order chi connectivity index (χ0) is 20.1. The average Bonchev–Trinajstić information content (AvgIpc) is 3.21. The van der Waals surface area contributed by atoms with Crippen LogP contribution < -0.4 is 0 Å². The molecular formula is C19H23N5O3S. The molecule has 2 aliphatic rings. The molecular weight excluding hydrogens is 378 g/mol. The molecule has 2 aliphatic heterocycles. The summed E-state index contributed by atoms with van der Waals surface area (Å²) in [6.45, 7) is 2.44. The van der Waals surface area contributed by atoms with Gasteiger partial charge in [-0.05, 0) is 33.2 Å². The molecule has 4 heterocycles. The van der Waals surface area contributed by atoms with E-state index in [1.165, 1.54) is 6.20 Å². The Morgan fingerprint density at radius 1 is 1.25 bits per heavy atom. The van der Waals surface area contributed by atoms with E-state index in [1.54, 1.807) is 30.3 Å². The van der Waals surface area contributed by atoms with E-state index >= 15 is 0 Å². The lowest BCUT2D eigenvalue weighted by Gasteiger charge is -2.25. The van der Waals surface area contributed by atoms with Crippen molar-refractivity contribution in [3.63, 3.8) is 0 Å². The van der Waals surface area contributed by atoms with E-state index < -0.39 is 15.1 Å². The zero-order valence-electron chi connectivity index (χ0n) is 16.1. The first kappa shape index (κ1) is 18.9. The Morgan fingerprint density at radius 3 is 2.68 bits per heavy atom. The third-order valence-corrected chi connectivity index (χ3v) is 7.97. The highest BCUT2D eigenvalue weighted by Crippen LogP contribution is 2.36. The first-order chi connectivity index (χ1) is 13.3. The molecule has 9 heteroatoms. The molecule has 0 N–H and O–H groups in total. The van der Waals surface area contributed by atoms with Gasteiger partial charge in [0, 0.05) is 49.2 Å². The van der Waals surface area contributed by atoms with Crippen molar-refractivity contribution in [3.8, 4) is 11.4 Å². The number of pyridine rings is 1. The highest BCUT2D eigenvalue weighted by atomic mass is 32.2. The molecule has 4 rings (SSSR count). The Labute approximate surface area is 164 Å². The normalized spacial score (nSPS) is 25.9. The maximum Gasteiger partial charge on any atom is 0.257 e. The molecule has 0 spiro atoms. The topological polar surface area (TPSA) is 96.4 Å². The maximum atomic E-state index is 13.1. The van der Waals surface area contributed by atoms with Crippen LogP contribution in [0.5, 0.6) is 0 Å². The Balaban J connectivity index is 1.58. The van der Waals surface area contributed by atoms with Gasteiger partial charge in [0.05, 0.1) is 22.3 Å². The van der Waals surface area contributed by atoms with Gasteiger partial charge in [-0.1, -0.05) is 0 Å². The van der Waals surface area contributed by atoms with Gasteiger partial charge in [0.25, 0.3) is 5.91 Å². The summed E-state index contributed by atoms with van der Waals surface area (Å²) in [6.07, 6.45) is 4.87. The predicted molar refractivity (Wildman–Crippen MR) is 104 cm³/mol. The van der Waals surface area contributed by atoms with E-state index in [9.17, 15) is 13.2 Å². The molecule has 0 unspecified atom stereocenters. The van der Waals surface area contributed by atoms with E-state index in [0.717, 1.165) is 5.56 Å². The summed E-state index contributed by atoms with van der Waals surface area (Å²) >= 11 is 0. The highest BCUT2D eigenvalue weighted by Gasteiger charge is 2.53. The van der Waals surface area contributed by atoms with Crippen molar-refractivity contribution >= 4 is 15.7 Å². The number of sulfone groups is 1. The molecule has 2 aromatic heterocycles. The van der Waals surface area contributed by atoms with E-state index in [0.29, 0.717) is 23.6 Å². The number of amides is 1. The monoisotopic (exact) mass is 401 g/mol. The van der Waals surface area contributed by atoms with Crippen LogP contribution in [0.15, 0.2) is 30.7 Å². The molecule has 8 nitrogen and oxygen atoms in total. The minimum atomic E-state index is -3.19. The van der Waals surface area contributed by atoms with Gasteiger partial charge in [-0.3, -0.25) is 9.78 Å².